The molecule has 0 unspecified atom stereocenters. The number of benzene rings is 1. The molecule has 1 aromatic carbocycles. The summed E-state index contributed by atoms with van der Waals surface area (Å²) in [4.78, 5) is 2.56. The van der Waals surface area contributed by atoms with Crippen molar-refractivity contribution < 1.29 is 0 Å². The molecule has 0 radical (unpaired) electrons. The Kier molecular flexibility index (Phi) is 6.01. The third kappa shape index (κ3) is 4.98. The van der Waals surface area contributed by atoms with E-state index < -0.39 is 0 Å². The summed E-state index contributed by atoms with van der Waals surface area (Å²) >= 11 is 0. The van der Waals surface area contributed by atoms with Gasteiger partial charge in [0.25, 0.3) is 0 Å². The fraction of sp³-hybridized carbons (Fsp3) is 0.579. The molecule has 2 nitrogen and oxygen atoms in total. The molecular weight excluding hydrogens is 256 g/mol. The minimum absolute atomic E-state index is 0.445. The summed E-state index contributed by atoms with van der Waals surface area (Å²) in [6.45, 7) is 12.4. The Hall–Kier alpha value is -1.12. The van der Waals surface area contributed by atoms with Gasteiger partial charge < -0.3 is 5.32 Å². The molecule has 1 fully saturated rings. The second-order valence-electron chi connectivity index (χ2n) is 6.60. The molecule has 1 N–H and O–H groups in total. The van der Waals surface area contributed by atoms with E-state index >= 15 is 0 Å². The van der Waals surface area contributed by atoms with Gasteiger partial charge in [-0.2, -0.15) is 0 Å². The number of rotatable bonds is 5. The number of piperidine rings is 1. The van der Waals surface area contributed by atoms with E-state index in [-0.39, 0.29) is 0 Å². The summed E-state index contributed by atoms with van der Waals surface area (Å²) in [6.07, 6.45) is 4.85. The fourth-order valence-corrected chi connectivity index (χ4v) is 3.11. The number of allylic oxidation sites excluding steroid dienone is 1. The Bertz CT molecular complexity index is 466. The van der Waals surface area contributed by atoms with Crippen molar-refractivity contribution in [3.05, 3.63) is 47.0 Å². The zero-order valence-corrected chi connectivity index (χ0v) is 14.0. The van der Waals surface area contributed by atoms with E-state index in [0.29, 0.717) is 12.1 Å². The van der Waals surface area contributed by atoms with E-state index in [1.807, 2.05) is 0 Å². The van der Waals surface area contributed by atoms with Crippen molar-refractivity contribution in [1.82, 2.24) is 10.2 Å². The molecule has 2 heteroatoms. The molecule has 1 heterocycles. The number of hydrogen-bond donors (Lipinski definition) is 1. The van der Waals surface area contributed by atoms with Gasteiger partial charge in [0.1, 0.15) is 0 Å². The van der Waals surface area contributed by atoms with E-state index in [9.17, 15) is 0 Å². The second kappa shape index (κ2) is 7.77. The first kappa shape index (κ1) is 16.3. The lowest BCUT2D eigenvalue weighted by Crippen LogP contribution is -2.43. The first-order chi connectivity index (χ1) is 10.1. The highest BCUT2D eigenvalue weighted by Gasteiger charge is 2.20. The van der Waals surface area contributed by atoms with E-state index in [4.69, 9.17) is 0 Å². The molecule has 0 amide bonds. The van der Waals surface area contributed by atoms with Crippen molar-refractivity contribution in [3.8, 4) is 0 Å². The smallest absolute Gasteiger partial charge is 0.0296 e. The summed E-state index contributed by atoms with van der Waals surface area (Å²) in [7, 11) is 0. The van der Waals surface area contributed by atoms with Gasteiger partial charge >= 0.3 is 0 Å². The van der Waals surface area contributed by atoms with Crippen molar-refractivity contribution in [1.29, 1.82) is 0 Å². The molecule has 0 saturated carbocycles. The molecule has 1 aromatic rings. The number of likely N-dealkylation sites (tertiary alicyclic amines) is 1. The van der Waals surface area contributed by atoms with Gasteiger partial charge in [0.05, 0.1) is 0 Å². The zero-order chi connectivity index (χ0) is 15.2. The van der Waals surface area contributed by atoms with Crippen molar-refractivity contribution in [2.45, 2.75) is 52.6 Å². The third-order valence-electron chi connectivity index (χ3n) is 4.49. The van der Waals surface area contributed by atoms with Gasteiger partial charge in [-0.3, -0.25) is 4.90 Å². The first-order valence-corrected chi connectivity index (χ1v) is 8.23. The average molecular weight is 286 g/mol. The molecule has 2 rings (SSSR count). The quantitative estimate of drug-likeness (QED) is 0.821. The predicted octanol–water partition coefficient (Wildman–Crippen LogP) is 4.08. The van der Waals surface area contributed by atoms with Gasteiger partial charge in [0.2, 0.25) is 0 Å². The molecule has 1 saturated heterocycles. The molecule has 116 valence electrons. The maximum atomic E-state index is 3.82. The molecular formula is C19H30N2. The number of nitrogens with zero attached hydrogens (tertiary/aromatic N) is 1. The monoisotopic (exact) mass is 286 g/mol. The SMILES string of the molecule is CC(C)=CCN1CCC(N[C@H](C)c2ccccc2C)CC1. The van der Waals surface area contributed by atoms with E-state index in [1.165, 1.54) is 42.6 Å². The molecule has 0 spiro atoms. The minimum Gasteiger partial charge on any atom is -0.307 e. The average Bonchev–Trinajstić information content (AvgIpc) is 2.47. The maximum Gasteiger partial charge on any atom is 0.0296 e. The summed E-state index contributed by atoms with van der Waals surface area (Å²) in [5.74, 6) is 0. The van der Waals surface area contributed by atoms with Crippen LogP contribution in [0.1, 0.15) is 50.8 Å². The van der Waals surface area contributed by atoms with Crippen molar-refractivity contribution in [2.75, 3.05) is 19.6 Å². The summed E-state index contributed by atoms with van der Waals surface area (Å²) in [6, 6.07) is 9.81. The number of aryl methyl sites for hydroxylation is 1. The summed E-state index contributed by atoms with van der Waals surface area (Å²) < 4.78 is 0. The van der Waals surface area contributed by atoms with Crippen LogP contribution in [0.2, 0.25) is 0 Å². The summed E-state index contributed by atoms with van der Waals surface area (Å²) in [5, 5.41) is 3.82. The van der Waals surface area contributed by atoms with Crippen LogP contribution >= 0.6 is 0 Å². The first-order valence-electron chi connectivity index (χ1n) is 8.23. The van der Waals surface area contributed by atoms with E-state index in [1.54, 1.807) is 0 Å². The van der Waals surface area contributed by atoms with Crippen LogP contribution in [0.15, 0.2) is 35.9 Å². The Morgan fingerprint density at radius 2 is 1.95 bits per heavy atom. The van der Waals surface area contributed by atoms with Crippen LogP contribution in [0.3, 0.4) is 0 Å². The van der Waals surface area contributed by atoms with Crippen LogP contribution in [-0.4, -0.2) is 30.6 Å². The normalized spacial score (nSPS) is 18.5. The van der Waals surface area contributed by atoms with Gasteiger partial charge in [-0.25, -0.2) is 0 Å². The lowest BCUT2D eigenvalue weighted by molar-refractivity contribution is 0.208. The molecule has 21 heavy (non-hydrogen) atoms. The zero-order valence-electron chi connectivity index (χ0n) is 14.0. The van der Waals surface area contributed by atoms with Gasteiger partial charge in [-0.05, 0) is 64.8 Å². The topological polar surface area (TPSA) is 15.3 Å². The summed E-state index contributed by atoms with van der Waals surface area (Å²) in [5.41, 5.74) is 4.24. The van der Waals surface area contributed by atoms with E-state index in [0.717, 1.165) is 6.54 Å². The fourth-order valence-electron chi connectivity index (χ4n) is 3.11. The highest BCUT2D eigenvalue weighted by atomic mass is 15.1. The Balaban J connectivity index is 1.81. The van der Waals surface area contributed by atoms with Crippen LogP contribution in [0.25, 0.3) is 0 Å². The number of hydrogen-bond acceptors (Lipinski definition) is 2. The second-order valence-corrected chi connectivity index (χ2v) is 6.60. The van der Waals surface area contributed by atoms with Crippen molar-refractivity contribution in [2.24, 2.45) is 0 Å². The molecule has 0 aromatic heterocycles. The molecule has 1 aliphatic heterocycles. The van der Waals surface area contributed by atoms with Gasteiger partial charge in [0, 0.05) is 18.6 Å². The van der Waals surface area contributed by atoms with Crippen molar-refractivity contribution in [3.63, 3.8) is 0 Å². The van der Waals surface area contributed by atoms with Crippen molar-refractivity contribution >= 4 is 0 Å². The van der Waals surface area contributed by atoms with Crippen LogP contribution in [0.4, 0.5) is 0 Å². The Labute approximate surface area is 130 Å². The highest BCUT2D eigenvalue weighted by molar-refractivity contribution is 5.28. The largest absolute Gasteiger partial charge is 0.307 e. The molecule has 0 bridgehead atoms. The molecule has 0 aliphatic carbocycles. The van der Waals surface area contributed by atoms with Crippen LogP contribution < -0.4 is 5.32 Å². The third-order valence-corrected chi connectivity index (χ3v) is 4.49. The van der Waals surface area contributed by atoms with Gasteiger partial charge in [-0.15, -0.1) is 0 Å². The lowest BCUT2D eigenvalue weighted by Gasteiger charge is -2.33. The Morgan fingerprint density at radius 1 is 1.29 bits per heavy atom. The van der Waals surface area contributed by atoms with Crippen LogP contribution in [0.5, 0.6) is 0 Å². The lowest BCUT2D eigenvalue weighted by atomic mass is 9.99. The Morgan fingerprint density at radius 3 is 2.57 bits per heavy atom. The molecule has 1 aliphatic rings. The highest BCUT2D eigenvalue weighted by Crippen LogP contribution is 2.20. The standard InChI is InChI=1S/C19H30N2/c1-15(2)9-12-21-13-10-18(11-14-21)20-17(4)19-8-6-5-7-16(19)3/h5-9,17-18,20H,10-14H2,1-4H3/t17-/m1/s1. The van der Waals surface area contributed by atoms with E-state index in [2.05, 4.69) is 68.3 Å². The minimum atomic E-state index is 0.445. The van der Waals surface area contributed by atoms with Gasteiger partial charge in [0.15, 0.2) is 0 Å². The predicted molar refractivity (Wildman–Crippen MR) is 91.6 cm³/mol. The van der Waals surface area contributed by atoms with Crippen LogP contribution in [0, 0.1) is 6.92 Å². The van der Waals surface area contributed by atoms with Crippen LogP contribution in [-0.2, 0) is 0 Å². The number of nitrogens with one attached hydrogen (secondary N) is 1. The van der Waals surface area contributed by atoms with Gasteiger partial charge in [-0.1, -0.05) is 35.9 Å². The maximum absolute atomic E-state index is 3.82. The molecule has 1 atom stereocenters.